The summed E-state index contributed by atoms with van der Waals surface area (Å²) in [6.45, 7) is 4.20. The van der Waals surface area contributed by atoms with Crippen LogP contribution in [-0.4, -0.2) is 6.41 Å². The van der Waals surface area contributed by atoms with Gasteiger partial charge in [0.1, 0.15) is 0 Å². The van der Waals surface area contributed by atoms with Crippen LogP contribution in [0.3, 0.4) is 0 Å². The van der Waals surface area contributed by atoms with E-state index in [0.29, 0.717) is 12.3 Å². The number of benzene rings is 1. The molecule has 1 aromatic carbocycles. The molecule has 0 aliphatic carbocycles. The van der Waals surface area contributed by atoms with Crippen LogP contribution in [0.2, 0.25) is 0 Å². The monoisotopic (exact) mass is 163 g/mol. The fourth-order valence-corrected chi connectivity index (χ4v) is 1.20. The van der Waals surface area contributed by atoms with E-state index in [1.54, 1.807) is 0 Å². The van der Waals surface area contributed by atoms with Gasteiger partial charge in [-0.05, 0) is 17.5 Å². The smallest absolute Gasteiger partial charge is 0.211 e. The predicted octanol–water partition coefficient (Wildman–Crippen LogP) is 2.38. The summed E-state index contributed by atoms with van der Waals surface area (Å²) in [5.74, 6) is 0.439. The molecule has 0 radical (unpaired) electrons. The van der Waals surface area contributed by atoms with Gasteiger partial charge in [0, 0.05) is 5.69 Å². The second-order valence-corrected chi connectivity index (χ2v) is 3.00. The van der Waals surface area contributed by atoms with Crippen LogP contribution in [0.5, 0.6) is 0 Å². The van der Waals surface area contributed by atoms with Crippen LogP contribution in [0.15, 0.2) is 24.3 Å². The highest BCUT2D eigenvalue weighted by Crippen LogP contribution is 2.22. The van der Waals surface area contributed by atoms with Gasteiger partial charge in [0.05, 0.1) is 0 Å². The van der Waals surface area contributed by atoms with Crippen LogP contribution in [0.1, 0.15) is 25.3 Å². The van der Waals surface area contributed by atoms with Crippen molar-refractivity contribution in [2.45, 2.75) is 19.8 Å². The normalized spacial score (nSPS) is 9.92. The molecule has 0 bridgehead atoms. The number of anilines is 1. The van der Waals surface area contributed by atoms with Crippen molar-refractivity contribution >= 4 is 12.1 Å². The average molecular weight is 163 g/mol. The summed E-state index contributed by atoms with van der Waals surface area (Å²) in [7, 11) is 0. The summed E-state index contributed by atoms with van der Waals surface area (Å²) in [5, 5.41) is 2.68. The van der Waals surface area contributed by atoms with Crippen LogP contribution in [0.4, 0.5) is 5.69 Å². The van der Waals surface area contributed by atoms with Crippen molar-refractivity contribution in [2.75, 3.05) is 5.32 Å². The van der Waals surface area contributed by atoms with Crippen LogP contribution in [0.25, 0.3) is 0 Å². The molecular weight excluding hydrogens is 150 g/mol. The van der Waals surface area contributed by atoms with Gasteiger partial charge >= 0.3 is 0 Å². The highest BCUT2D eigenvalue weighted by molar-refractivity contribution is 5.73. The summed E-state index contributed by atoms with van der Waals surface area (Å²) < 4.78 is 0. The van der Waals surface area contributed by atoms with E-state index in [4.69, 9.17) is 0 Å². The number of nitrogens with one attached hydrogen (secondary N) is 1. The number of hydrogen-bond acceptors (Lipinski definition) is 1. The zero-order valence-corrected chi connectivity index (χ0v) is 7.37. The maximum atomic E-state index is 10.2. The largest absolute Gasteiger partial charge is 0.328 e. The lowest BCUT2D eigenvalue weighted by molar-refractivity contribution is -0.105. The SMILES string of the molecule is CC(C)c1ccccc1NC=O. The zero-order valence-electron chi connectivity index (χ0n) is 7.37. The van der Waals surface area contributed by atoms with Crippen molar-refractivity contribution in [3.8, 4) is 0 Å². The lowest BCUT2D eigenvalue weighted by Crippen LogP contribution is -1.99. The van der Waals surface area contributed by atoms with Gasteiger partial charge in [-0.3, -0.25) is 4.79 Å². The first kappa shape index (κ1) is 8.78. The van der Waals surface area contributed by atoms with E-state index < -0.39 is 0 Å². The molecule has 0 saturated heterocycles. The van der Waals surface area contributed by atoms with Crippen molar-refractivity contribution in [1.82, 2.24) is 0 Å². The Morgan fingerprint density at radius 1 is 1.33 bits per heavy atom. The van der Waals surface area contributed by atoms with Crippen LogP contribution >= 0.6 is 0 Å². The first-order chi connectivity index (χ1) is 5.75. The number of rotatable bonds is 3. The molecule has 0 heterocycles. The molecule has 0 aromatic heterocycles. The summed E-state index contributed by atoms with van der Waals surface area (Å²) in [6, 6.07) is 7.82. The van der Waals surface area contributed by atoms with Gasteiger partial charge in [0.15, 0.2) is 0 Å². The van der Waals surface area contributed by atoms with Gasteiger partial charge in [-0.15, -0.1) is 0 Å². The van der Waals surface area contributed by atoms with E-state index in [1.165, 1.54) is 5.56 Å². The van der Waals surface area contributed by atoms with Crippen LogP contribution < -0.4 is 5.32 Å². The van der Waals surface area contributed by atoms with E-state index in [-0.39, 0.29) is 0 Å². The fraction of sp³-hybridized carbons (Fsp3) is 0.300. The van der Waals surface area contributed by atoms with Crippen LogP contribution in [-0.2, 0) is 4.79 Å². The molecule has 0 fully saturated rings. The third-order valence-corrected chi connectivity index (χ3v) is 1.80. The minimum Gasteiger partial charge on any atom is -0.328 e. The molecule has 1 rings (SSSR count). The number of carbonyl (C=O) groups excluding carboxylic acids is 1. The first-order valence-electron chi connectivity index (χ1n) is 4.05. The Balaban J connectivity index is 2.99. The van der Waals surface area contributed by atoms with Gasteiger partial charge in [0.2, 0.25) is 6.41 Å². The maximum Gasteiger partial charge on any atom is 0.211 e. The van der Waals surface area contributed by atoms with Gasteiger partial charge < -0.3 is 5.32 Å². The Bertz CT molecular complexity index is 268. The Labute approximate surface area is 72.6 Å². The van der Waals surface area contributed by atoms with Crippen molar-refractivity contribution in [3.05, 3.63) is 29.8 Å². The summed E-state index contributed by atoms with van der Waals surface area (Å²) in [5.41, 5.74) is 2.08. The third kappa shape index (κ3) is 1.84. The quantitative estimate of drug-likeness (QED) is 0.681. The van der Waals surface area contributed by atoms with E-state index in [2.05, 4.69) is 19.2 Å². The summed E-state index contributed by atoms with van der Waals surface area (Å²) >= 11 is 0. The third-order valence-electron chi connectivity index (χ3n) is 1.80. The molecule has 0 saturated carbocycles. The number of amides is 1. The second kappa shape index (κ2) is 3.90. The van der Waals surface area contributed by atoms with Gasteiger partial charge in [-0.1, -0.05) is 32.0 Å². The van der Waals surface area contributed by atoms with Gasteiger partial charge in [-0.25, -0.2) is 0 Å². The molecule has 0 spiro atoms. The molecule has 2 nitrogen and oxygen atoms in total. The van der Waals surface area contributed by atoms with E-state index in [9.17, 15) is 4.79 Å². The van der Waals surface area contributed by atoms with Crippen molar-refractivity contribution in [2.24, 2.45) is 0 Å². The van der Waals surface area contributed by atoms with Crippen molar-refractivity contribution < 1.29 is 4.79 Å². The molecule has 2 heteroatoms. The molecular formula is C10H13NO. The molecule has 0 aliphatic heterocycles. The van der Waals surface area contributed by atoms with Crippen LogP contribution in [0, 0.1) is 0 Å². The summed E-state index contributed by atoms with van der Waals surface area (Å²) in [4.78, 5) is 10.2. The minimum atomic E-state index is 0.439. The van der Waals surface area contributed by atoms with E-state index in [0.717, 1.165) is 5.69 Å². The Morgan fingerprint density at radius 2 is 2.00 bits per heavy atom. The van der Waals surface area contributed by atoms with E-state index >= 15 is 0 Å². The second-order valence-electron chi connectivity index (χ2n) is 3.00. The molecule has 1 N–H and O–H groups in total. The number of para-hydroxylation sites is 1. The standard InChI is InChI=1S/C10H13NO/c1-8(2)9-5-3-4-6-10(9)11-7-12/h3-8H,1-2H3,(H,11,12). The van der Waals surface area contributed by atoms with E-state index in [1.807, 2.05) is 24.3 Å². The topological polar surface area (TPSA) is 29.1 Å². The zero-order chi connectivity index (χ0) is 8.97. The molecule has 1 amide bonds. The number of hydrogen-bond donors (Lipinski definition) is 1. The highest BCUT2D eigenvalue weighted by atomic mass is 16.1. The molecule has 0 unspecified atom stereocenters. The van der Waals surface area contributed by atoms with Crippen molar-refractivity contribution in [1.29, 1.82) is 0 Å². The molecule has 1 aromatic rings. The lowest BCUT2D eigenvalue weighted by atomic mass is 10.0. The molecule has 64 valence electrons. The molecule has 0 aliphatic rings. The minimum absolute atomic E-state index is 0.439. The Morgan fingerprint density at radius 3 is 2.58 bits per heavy atom. The number of carbonyl (C=O) groups is 1. The van der Waals surface area contributed by atoms with Crippen molar-refractivity contribution in [3.63, 3.8) is 0 Å². The average Bonchev–Trinajstić information content (AvgIpc) is 2.05. The highest BCUT2D eigenvalue weighted by Gasteiger charge is 2.03. The molecule has 0 atom stereocenters. The summed E-state index contributed by atoms with van der Waals surface area (Å²) in [6.07, 6.45) is 0.710. The maximum absolute atomic E-state index is 10.2. The molecule has 12 heavy (non-hydrogen) atoms. The van der Waals surface area contributed by atoms with Gasteiger partial charge in [0.25, 0.3) is 0 Å². The lowest BCUT2D eigenvalue weighted by Gasteiger charge is -2.10. The Kier molecular flexibility index (Phi) is 2.86. The predicted molar refractivity (Wildman–Crippen MR) is 50.2 cm³/mol. The van der Waals surface area contributed by atoms with Gasteiger partial charge in [-0.2, -0.15) is 0 Å². The Hall–Kier alpha value is -1.31. The first-order valence-corrected chi connectivity index (χ1v) is 4.05. The fourth-order valence-electron chi connectivity index (χ4n) is 1.20.